The third-order valence-electron chi connectivity index (χ3n) is 5.96. The van der Waals surface area contributed by atoms with Crippen LogP contribution in [-0.4, -0.2) is 6.54 Å². The van der Waals surface area contributed by atoms with Crippen molar-refractivity contribution in [3.63, 3.8) is 0 Å². The van der Waals surface area contributed by atoms with Crippen LogP contribution >= 0.6 is 0 Å². The molecule has 2 rings (SSSR count). The van der Waals surface area contributed by atoms with Gasteiger partial charge in [0.15, 0.2) is 0 Å². The molecule has 4 N–H and O–H groups in total. The molecule has 0 bridgehead atoms. The maximum absolute atomic E-state index is 7.37. The molecule has 154 valence electrons. The van der Waals surface area contributed by atoms with Crippen LogP contribution in [0, 0.1) is 0 Å². The van der Waals surface area contributed by atoms with Crippen molar-refractivity contribution in [2.45, 2.75) is 84.6 Å². The van der Waals surface area contributed by atoms with Gasteiger partial charge in [0.1, 0.15) is 0 Å². The zero-order chi connectivity index (χ0) is 21.2. The van der Waals surface area contributed by atoms with Crippen molar-refractivity contribution < 1.29 is 0 Å². The summed E-state index contributed by atoms with van der Waals surface area (Å²) in [7, 11) is 0. The Balaban J connectivity index is 3.00. The fourth-order valence-electron chi connectivity index (χ4n) is 4.46. The monoisotopic (exact) mass is 380 g/mol. The Hall–Kier alpha value is -1.64. The van der Waals surface area contributed by atoms with Crippen LogP contribution in [-0.2, 0) is 5.54 Å². The largest absolute Gasteiger partial charge is 0.328 e. The molecule has 0 spiro atoms. The first kappa shape index (κ1) is 22.6. The van der Waals surface area contributed by atoms with E-state index in [0.29, 0.717) is 30.2 Å². The normalized spacial score (nSPS) is 12.6. The van der Waals surface area contributed by atoms with E-state index in [1.54, 1.807) is 0 Å². The van der Waals surface area contributed by atoms with Gasteiger partial charge in [-0.2, -0.15) is 0 Å². The van der Waals surface area contributed by atoms with Gasteiger partial charge in [-0.05, 0) is 57.1 Å². The fourth-order valence-corrected chi connectivity index (χ4v) is 4.46. The third-order valence-corrected chi connectivity index (χ3v) is 5.96. The molecule has 2 heteroatoms. The maximum Gasteiger partial charge on any atom is 0.0801 e. The third kappa shape index (κ3) is 4.04. The van der Waals surface area contributed by atoms with Gasteiger partial charge in [-0.1, -0.05) is 91.8 Å². The van der Waals surface area contributed by atoms with E-state index >= 15 is 0 Å². The molecule has 0 saturated heterocycles. The highest BCUT2D eigenvalue weighted by molar-refractivity contribution is 5.55. The first-order chi connectivity index (χ1) is 13.1. The minimum Gasteiger partial charge on any atom is -0.328 e. The molecule has 0 atom stereocenters. The molecule has 0 heterocycles. The quantitative estimate of drug-likeness (QED) is 0.588. The molecular weight excluding hydrogens is 340 g/mol. The highest BCUT2D eigenvalue weighted by Gasteiger charge is 2.38. The summed E-state index contributed by atoms with van der Waals surface area (Å²) < 4.78 is 0. The van der Waals surface area contributed by atoms with Gasteiger partial charge in [-0.25, -0.2) is 0 Å². The van der Waals surface area contributed by atoms with Gasteiger partial charge in [-0.3, -0.25) is 0 Å². The summed E-state index contributed by atoms with van der Waals surface area (Å²) in [6, 6.07) is 13.3. The van der Waals surface area contributed by atoms with E-state index in [4.69, 9.17) is 11.5 Å². The lowest BCUT2D eigenvalue weighted by Crippen LogP contribution is -2.48. The van der Waals surface area contributed by atoms with Crippen LogP contribution in [0.1, 0.15) is 112 Å². The van der Waals surface area contributed by atoms with Crippen molar-refractivity contribution in [1.29, 1.82) is 0 Å². The summed E-state index contributed by atoms with van der Waals surface area (Å²) in [6.07, 6.45) is 0. The molecule has 2 aromatic rings. The minimum atomic E-state index is -0.707. The summed E-state index contributed by atoms with van der Waals surface area (Å²) in [4.78, 5) is 0. The van der Waals surface area contributed by atoms with Gasteiger partial charge in [0.05, 0.1) is 5.54 Å². The average Bonchev–Trinajstić information content (AvgIpc) is 2.65. The SMILES string of the molecule is CC(C)c1cccc(C(C)C)c1C(N)(CN)c1c(C(C)C)cccc1C(C)C. The van der Waals surface area contributed by atoms with E-state index in [0.717, 1.165) is 0 Å². The Morgan fingerprint density at radius 3 is 1.04 bits per heavy atom. The molecule has 2 aromatic carbocycles. The van der Waals surface area contributed by atoms with Crippen LogP contribution < -0.4 is 11.5 Å². The van der Waals surface area contributed by atoms with E-state index in [9.17, 15) is 0 Å². The lowest BCUT2D eigenvalue weighted by molar-refractivity contribution is 0.515. The van der Waals surface area contributed by atoms with Crippen molar-refractivity contribution in [3.8, 4) is 0 Å². The summed E-state index contributed by atoms with van der Waals surface area (Å²) in [5, 5.41) is 0. The predicted octanol–water partition coefficient (Wildman–Crippen LogP) is 6.34. The van der Waals surface area contributed by atoms with Crippen molar-refractivity contribution in [3.05, 3.63) is 69.8 Å². The van der Waals surface area contributed by atoms with E-state index in [-0.39, 0.29) is 0 Å². The van der Waals surface area contributed by atoms with Crippen molar-refractivity contribution >= 4 is 0 Å². The van der Waals surface area contributed by atoms with Gasteiger partial charge in [0, 0.05) is 6.54 Å². The molecule has 2 nitrogen and oxygen atoms in total. The van der Waals surface area contributed by atoms with Gasteiger partial charge in [0.25, 0.3) is 0 Å². The van der Waals surface area contributed by atoms with E-state index < -0.39 is 5.54 Å². The zero-order valence-corrected chi connectivity index (χ0v) is 19.1. The van der Waals surface area contributed by atoms with Crippen LogP contribution in [0.25, 0.3) is 0 Å². The Bertz CT molecular complexity index is 684. The highest BCUT2D eigenvalue weighted by Crippen LogP contribution is 2.43. The smallest absolute Gasteiger partial charge is 0.0801 e. The Labute approximate surface area is 172 Å². The second-order valence-electron chi connectivity index (χ2n) is 9.42. The number of rotatable bonds is 7. The standard InChI is InChI=1S/C26H40N2/c1-16(2)20-11-9-12-21(17(3)4)24(20)26(28,15-27)25-22(18(5)6)13-10-14-23(25)19(7)8/h9-14,16-19H,15,27-28H2,1-8H3. The second kappa shape index (κ2) is 8.80. The molecule has 0 unspecified atom stereocenters. The van der Waals surface area contributed by atoms with Crippen molar-refractivity contribution in [1.82, 2.24) is 0 Å². The summed E-state index contributed by atoms with van der Waals surface area (Å²) in [5.41, 5.74) is 20.9. The summed E-state index contributed by atoms with van der Waals surface area (Å²) in [5.74, 6) is 1.54. The van der Waals surface area contributed by atoms with Crippen molar-refractivity contribution in [2.75, 3.05) is 6.54 Å². The maximum atomic E-state index is 7.37. The van der Waals surface area contributed by atoms with Crippen LogP contribution in [0.15, 0.2) is 36.4 Å². The van der Waals surface area contributed by atoms with E-state index in [1.807, 2.05) is 0 Å². The summed E-state index contributed by atoms with van der Waals surface area (Å²) >= 11 is 0. The molecule has 0 aromatic heterocycles. The van der Waals surface area contributed by atoms with Crippen LogP contribution in [0.2, 0.25) is 0 Å². The van der Waals surface area contributed by atoms with E-state index in [1.165, 1.54) is 33.4 Å². The van der Waals surface area contributed by atoms with E-state index in [2.05, 4.69) is 91.8 Å². The minimum absolute atomic E-state index is 0.386. The number of benzene rings is 2. The lowest BCUT2D eigenvalue weighted by Gasteiger charge is -2.39. The molecular formula is C26H40N2. The molecule has 0 saturated carbocycles. The Kier molecular flexibility index (Phi) is 7.12. The number of hydrogen-bond acceptors (Lipinski definition) is 2. The molecule has 0 amide bonds. The molecule has 28 heavy (non-hydrogen) atoms. The lowest BCUT2D eigenvalue weighted by atomic mass is 9.70. The zero-order valence-electron chi connectivity index (χ0n) is 19.1. The number of nitrogens with two attached hydrogens (primary N) is 2. The first-order valence-electron chi connectivity index (χ1n) is 10.8. The van der Waals surface area contributed by atoms with Crippen LogP contribution in [0.3, 0.4) is 0 Å². The van der Waals surface area contributed by atoms with Gasteiger partial charge in [0.2, 0.25) is 0 Å². The topological polar surface area (TPSA) is 52.0 Å². The summed E-state index contributed by atoms with van der Waals surface area (Å²) in [6.45, 7) is 18.4. The van der Waals surface area contributed by atoms with Gasteiger partial charge < -0.3 is 11.5 Å². The molecule has 0 aliphatic carbocycles. The highest BCUT2D eigenvalue weighted by atomic mass is 14.8. The first-order valence-corrected chi connectivity index (χ1v) is 10.8. The molecule has 0 aliphatic rings. The Morgan fingerprint density at radius 1 is 0.607 bits per heavy atom. The van der Waals surface area contributed by atoms with Gasteiger partial charge in [-0.15, -0.1) is 0 Å². The molecule has 0 fully saturated rings. The van der Waals surface area contributed by atoms with Crippen molar-refractivity contribution in [2.24, 2.45) is 11.5 Å². The fraction of sp³-hybridized carbons (Fsp3) is 0.538. The number of hydrogen-bond donors (Lipinski definition) is 2. The second-order valence-corrected chi connectivity index (χ2v) is 9.42. The molecule has 0 radical (unpaired) electrons. The Morgan fingerprint density at radius 2 is 0.857 bits per heavy atom. The van der Waals surface area contributed by atoms with Crippen LogP contribution in [0.5, 0.6) is 0 Å². The average molecular weight is 381 g/mol. The predicted molar refractivity (Wildman–Crippen MR) is 123 cm³/mol. The molecule has 0 aliphatic heterocycles. The van der Waals surface area contributed by atoms with Gasteiger partial charge >= 0.3 is 0 Å². The van der Waals surface area contributed by atoms with Crippen LogP contribution in [0.4, 0.5) is 0 Å².